The molecule has 3 aromatic carbocycles. The normalized spacial score (nSPS) is 11.6. The van der Waals surface area contributed by atoms with Crippen molar-refractivity contribution in [1.29, 1.82) is 0 Å². The molecule has 0 radical (unpaired) electrons. The first kappa shape index (κ1) is 29.7. The van der Waals surface area contributed by atoms with Gasteiger partial charge in [0.2, 0.25) is 10.0 Å². The van der Waals surface area contributed by atoms with Crippen LogP contribution in [0.25, 0.3) is 10.2 Å². The molecule has 7 nitrogen and oxygen atoms in total. The SMILES string of the molecule is CCc1ccc2nc(N(CCN(C)C)C(=O)c3ccc(S(=O)(=O)N(C)Cc4ccccc4)cc3)sc2c1.Cl. The van der Waals surface area contributed by atoms with Crippen LogP contribution in [0, 0.1) is 0 Å². The number of carbonyl (C=O) groups is 1. The van der Waals surface area contributed by atoms with Gasteiger partial charge in [-0.05, 0) is 68.0 Å². The van der Waals surface area contributed by atoms with Gasteiger partial charge in [0.05, 0.1) is 15.1 Å². The van der Waals surface area contributed by atoms with E-state index in [-0.39, 0.29) is 29.8 Å². The number of sulfonamides is 1. The van der Waals surface area contributed by atoms with Gasteiger partial charge in [-0.15, -0.1) is 12.4 Å². The molecular formula is C28H33ClN4O3S2. The first-order valence-electron chi connectivity index (χ1n) is 12.2. The summed E-state index contributed by atoms with van der Waals surface area (Å²) >= 11 is 1.49. The molecule has 1 aromatic heterocycles. The summed E-state index contributed by atoms with van der Waals surface area (Å²) in [7, 11) is 1.77. The highest BCUT2D eigenvalue weighted by Crippen LogP contribution is 2.31. The molecule has 0 aliphatic heterocycles. The van der Waals surface area contributed by atoms with Crippen LogP contribution >= 0.6 is 23.7 Å². The second-order valence-electron chi connectivity index (χ2n) is 9.18. The lowest BCUT2D eigenvalue weighted by Gasteiger charge is -2.22. The second kappa shape index (κ2) is 12.8. The van der Waals surface area contributed by atoms with Crippen LogP contribution in [0.3, 0.4) is 0 Å². The molecule has 0 aliphatic rings. The highest BCUT2D eigenvalue weighted by atomic mass is 35.5. The van der Waals surface area contributed by atoms with E-state index in [1.807, 2.05) is 55.4 Å². The largest absolute Gasteiger partial charge is 0.308 e. The number of hydrogen-bond acceptors (Lipinski definition) is 6. The highest BCUT2D eigenvalue weighted by Gasteiger charge is 2.24. The minimum Gasteiger partial charge on any atom is -0.308 e. The van der Waals surface area contributed by atoms with Crippen LogP contribution in [0.5, 0.6) is 0 Å². The number of benzene rings is 3. The summed E-state index contributed by atoms with van der Waals surface area (Å²) < 4.78 is 28.6. The lowest BCUT2D eigenvalue weighted by molar-refractivity contribution is 0.0985. The summed E-state index contributed by atoms with van der Waals surface area (Å²) in [5.74, 6) is -0.210. The maximum atomic E-state index is 13.6. The van der Waals surface area contributed by atoms with Crippen molar-refractivity contribution in [3.8, 4) is 0 Å². The third-order valence-electron chi connectivity index (χ3n) is 6.15. The molecular weight excluding hydrogens is 540 g/mol. The van der Waals surface area contributed by atoms with Crippen LogP contribution in [0.1, 0.15) is 28.4 Å². The Bertz CT molecular complexity index is 1470. The monoisotopic (exact) mass is 572 g/mol. The van der Waals surface area contributed by atoms with Gasteiger partial charge in [-0.2, -0.15) is 4.31 Å². The van der Waals surface area contributed by atoms with Crippen LogP contribution in [-0.2, 0) is 23.0 Å². The topological polar surface area (TPSA) is 73.8 Å². The predicted molar refractivity (Wildman–Crippen MR) is 158 cm³/mol. The summed E-state index contributed by atoms with van der Waals surface area (Å²) in [6.45, 7) is 3.50. The molecule has 0 saturated carbocycles. The van der Waals surface area contributed by atoms with Gasteiger partial charge < -0.3 is 4.90 Å². The Balaban J connectivity index is 0.00000400. The van der Waals surface area contributed by atoms with E-state index in [1.54, 1.807) is 24.1 Å². The van der Waals surface area contributed by atoms with Crippen molar-refractivity contribution in [3.05, 3.63) is 89.5 Å². The molecule has 0 saturated heterocycles. The number of nitrogens with zero attached hydrogens (tertiary/aromatic N) is 4. The molecule has 1 heterocycles. The van der Waals surface area contributed by atoms with Crippen molar-refractivity contribution in [2.45, 2.75) is 24.8 Å². The Morgan fingerprint density at radius 3 is 2.21 bits per heavy atom. The number of rotatable bonds is 10. The Kier molecular flexibility index (Phi) is 10.0. The quantitative estimate of drug-likeness (QED) is 0.257. The van der Waals surface area contributed by atoms with Crippen molar-refractivity contribution >= 4 is 55.0 Å². The summed E-state index contributed by atoms with van der Waals surface area (Å²) in [6.07, 6.45) is 0.933. The molecule has 202 valence electrons. The Morgan fingerprint density at radius 2 is 1.58 bits per heavy atom. The zero-order chi connectivity index (χ0) is 26.6. The first-order chi connectivity index (χ1) is 17.7. The van der Waals surface area contributed by atoms with Gasteiger partial charge in [0.1, 0.15) is 0 Å². The second-order valence-corrected chi connectivity index (χ2v) is 12.2. The number of fused-ring (bicyclic) bond motifs is 1. The maximum Gasteiger partial charge on any atom is 0.260 e. The standard InChI is InChI=1S/C28H32N4O3S2.ClH/c1-5-21-11-16-25-26(19-21)36-28(29-25)32(18-17-30(2)3)27(33)23-12-14-24(15-13-23)37(34,35)31(4)20-22-9-7-6-8-10-22;/h6-16,19H,5,17-18,20H2,1-4H3;1H. The third-order valence-corrected chi connectivity index (χ3v) is 9.01. The van der Waals surface area contributed by atoms with E-state index in [4.69, 9.17) is 4.98 Å². The Hall–Kier alpha value is -2.82. The Labute approximate surface area is 235 Å². The number of thiazole rings is 1. The summed E-state index contributed by atoms with van der Waals surface area (Å²) in [4.78, 5) is 22.2. The van der Waals surface area contributed by atoms with E-state index >= 15 is 0 Å². The number of carbonyl (C=O) groups excluding carboxylic acids is 1. The van der Waals surface area contributed by atoms with E-state index in [0.29, 0.717) is 23.8 Å². The van der Waals surface area contributed by atoms with Gasteiger partial charge in [0.15, 0.2) is 5.13 Å². The fourth-order valence-electron chi connectivity index (χ4n) is 3.91. The minimum atomic E-state index is -3.71. The third kappa shape index (κ3) is 6.78. The summed E-state index contributed by atoms with van der Waals surface area (Å²) in [5, 5.41) is 0.634. The average molecular weight is 573 g/mol. The molecule has 38 heavy (non-hydrogen) atoms. The molecule has 1 amide bonds. The number of likely N-dealkylation sites (N-methyl/N-ethyl adjacent to an activating group) is 1. The zero-order valence-corrected chi connectivity index (χ0v) is 24.4. The fraction of sp³-hybridized carbons (Fsp3) is 0.286. The van der Waals surface area contributed by atoms with E-state index < -0.39 is 10.0 Å². The van der Waals surface area contributed by atoms with Gasteiger partial charge in [-0.25, -0.2) is 13.4 Å². The average Bonchev–Trinajstić information content (AvgIpc) is 3.32. The fourth-order valence-corrected chi connectivity index (χ4v) is 6.12. The summed E-state index contributed by atoms with van der Waals surface area (Å²) in [5.41, 5.74) is 3.40. The number of halogens is 1. The molecule has 4 rings (SSSR count). The Morgan fingerprint density at radius 1 is 0.895 bits per heavy atom. The van der Waals surface area contributed by atoms with Crippen LogP contribution in [0.15, 0.2) is 77.7 Å². The molecule has 0 atom stereocenters. The van der Waals surface area contributed by atoms with E-state index in [1.165, 1.54) is 33.3 Å². The van der Waals surface area contributed by atoms with Gasteiger partial charge in [-0.3, -0.25) is 9.69 Å². The molecule has 0 N–H and O–H groups in total. The molecule has 0 unspecified atom stereocenters. The van der Waals surface area contributed by atoms with Crippen molar-refractivity contribution < 1.29 is 13.2 Å². The van der Waals surface area contributed by atoms with E-state index in [0.717, 1.165) is 22.2 Å². The number of amides is 1. The maximum absolute atomic E-state index is 13.6. The minimum absolute atomic E-state index is 0. The van der Waals surface area contributed by atoms with Crippen molar-refractivity contribution in [1.82, 2.24) is 14.2 Å². The van der Waals surface area contributed by atoms with Crippen molar-refractivity contribution in [2.75, 3.05) is 39.1 Å². The number of aryl methyl sites for hydroxylation is 1. The molecule has 0 bridgehead atoms. The van der Waals surface area contributed by atoms with Crippen LogP contribution in [0.4, 0.5) is 5.13 Å². The predicted octanol–water partition coefficient (Wildman–Crippen LogP) is 5.31. The van der Waals surface area contributed by atoms with Crippen molar-refractivity contribution in [3.63, 3.8) is 0 Å². The number of aromatic nitrogens is 1. The number of hydrogen-bond donors (Lipinski definition) is 0. The van der Waals surface area contributed by atoms with Gasteiger partial charge in [-0.1, -0.05) is 54.7 Å². The number of anilines is 1. The highest BCUT2D eigenvalue weighted by molar-refractivity contribution is 7.89. The lowest BCUT2D eigenvalue weighted by atomic mass is 10.2. The molecule has 0 spiro atoms. The molecule has 10 heteroatoms. The zero-order valence-electron chi connectivity index (χ0n) is 22.0. The smallest absolute Gasteiger partial charge is 0.260 e. The van der Waals surface area contributed by atoms with Crippen molar-refractivity contribution in [2.24, 2.45) is 0 Å². The van der Waals surface area contributed by atoms with E-state index in [9.17, 15) is 13.2 Å². The molecule has 0 fully saturated rings. The summed E-state index contributed by atoms with van der Waals surface area (Å²) in [6, 6.07) is 21.8. The van der Waals surface area contributed by atoms with Gasteiger partial charge in [0.25, 0.3) is 5.91 Å². The molecule has 4 aromatic rings. The van der Waals surface area contributed by atoms with Gasteiger partial charge in [0, 0.05) is 32.2 Å². The van der Waals surface area contributed by atoms with E-state index in [2.05, 4.69) is 19.1 Å². The lowest BCUT2D eigenvalue weighted by Crippen LogP contribution is -2.36. The van der Waals surface area contributed by atoms with Crippen LogP contribution in [-0.4, -0.2) is 62.7 Å². The first-order valence-corrected chi connectivity index (χ1v) is 14.4. The molecule has 0 aliphatic carbocycles. The van der Waals surface area contributed by atoms with Crippen LogP contribution < -0.4 is 4.90 Å². The van der Waals surface area contributed by atoms with Gasteiger partial charge >= 0.3 is 0 Å². The van der Waals surface area contributed by atoms with Crippen LogP contribution in [0.2, 0.25) is 0 Å².